The molecule has 2 N–H and O–H groups in total. The predicted octanol–water partition coefficient (Wildman–Crippen LogP) is 2.56. The van der Waals surface area contributed by atoms with Crippen LogP contribution in [0.25, 0.3) is 0 Å². The molecule has 0 saturated heterocycles. The summed E-state index contributed by atoms with van der Waals surface area (Å²) in [6.07, 6.45) is 7.38. The van der Waals surface area contributed by atoms with Crippen molar-refractivity contribution in [1.29, 1.82) is 0 Å². The lowest BCUT2D eigenvalue weighted by atomic mass is 10.1. The standard InChI is InChI=1S/C11H24N2/c1-4-8-13(10-7-12)9-5-6-11(2)3/h7,10-11H,4-6,8-9,12H2,1-3H3/b10-7-. The molecule has 2 heteroatoms. The second-order valence-corrected chi connectivity index (χ2v) is 3.91. The molecule has 0 fully saturated rings. The third kappa shape index (κ3) is 7.69. The Balaban J connectivity index is 3.56. The van der Waals surface area contributed by atoms with Crippen LogP contribution in [0.4, 0.5) is 0 Å². The van der Waals surface area contributed by atoms with Crippen LogP contribution >= 0.6 is 0 Å². The molecular weight excluding hydrogens is 160 g/mol. The largest absolute Gasteiger partial charge is 0.403 e. The predicted molar refractivity (Wildman–Crippen MR) is 59.3 cm³/mol. The molecule has 0 aliphatic heterocycles. The second-order valence-electron chi connectivity index (χ2n) is 3.91. The quantitative estimate of drug-likeness (QED) is 0.659. The number of rotatable bonds is 7. The zero-order valence-corrected chi connectivity index (χ0v) is 9.29. The highest BCUT2D eigenvalue weighted by atomic mass is 15.1. The first-order valence-corrected chi connectivity index (χ1v) is 5.33. The minimum Gasteiger partial charge on any atom is -0.403 e. The fraction of sp³-hybridized carbons (Fsp3) is 0.818. The van der Waals surface area contributed by atoms with E-state index in [0.717, 1.165) is 19.0 Å². The Bertz CT molecular complexity index is 130. The van der Waals surface area contributed by atoms with E-state index in [1.165, 1.54) is 19.3 Å². The van der Waals surface area contributed by atoms with E-state index in [2.05, 4.69) is 25.7 Å². The summed E-state index contributed by atoms with van der Waals surface area (Å²) in [6.45, 7) is 8.98. The van der Waals surface area contributed by atoms with Crippen LogP contribution in [-0.2, 0) is 0 Å². The van der Waals surface area contributed by atoms with Gasteiger partial charge in [0.15, 0.2) is 0 Å². The molecule has 0 aromatic carbocycles. The van der Waals surface area contributed by atoms with E-state index in [1.54, 1.807) is 6.20 Å². The van der Waals surface area contributed by atoms with Crippen LogP contribution in [0.15, 0.2) is 12.4 Å². The lowest BCUT2D eigenvalue weighted by molar-refractivity contribution is 0.353. The first kappa shape index (κ1) is 12.3. The zero-order chi connectivity index (χ0) is 10.1. The Labute approximate surface area is 82.8 Å². The molecule has 0 bridgehead atoms. The van der Waals surface area contributed by atoms with Crippen molar-refractivity contribution < 1.29 is 0 Å². The third-order valence-electron chi connectivity index (χ3n) is 2.03. The van der Waals surface area contributed by atoms with Crippen molar-refractivity contribution >= 4 is 0 Å². The molecule has 0 aliphatic carbocycles. The van der Waals surface area contributed by atoms with Crippen LogP contribution in [0.5, 0.6) is 0 Å². The number of hydrogen-bond donors (Lipinski definition) is 1. The van der Waals surface area contributed by atoms with Crippen LogP contribution in [0.1, 0.15) is 40.0 Å². The molecular formula is C11H24N2. The molecule has 0 amide bonds. The van der Waals surface area contributed by atoms with Crippen molar-refractivity contribution in [3.05, 3.63) is 12.4 Å². The van der Waals surface area contributed by atoms with E-state index < -0.39 is 0 Å². The maximum atomic E-state index is 5.37. The molecule has 0 atom stereocenters. The molecule has 0 aromatic heterocycles. The van der Waals surface area contributed by atoms with Gasteiger partial charge in [0.2, 0.25) is 0 Å². The Morgan fingerprint density at radius 3 is 2.46 bits per heavy atom. The highest BCUT2D eigenvalue weighted by Crippen LogP contribution is 2.05. The van der Waals surface area contributed by atoms with Crippen molar-refractivity contribution in [3.63, 3.8) is 0 Å². The van der Waals surface area contributed by atoms with Gasteiger partial charge in [0, 0.05) is 25.5 Å². The van der Waals surface area contributed by atoms with E-state index in [0.29, 0.717) is 0 Å². The minimum absolute atomic E-state index is 0.810. The van der Waals surface area contributed by atoms with Gasteiger partial charge in [-0.05, 0) is 25.2 Å². The van der Waals surface area contributed by atoms with Crippen LogP contribution in [0.3, 0.4) is 0 Å². The van der Waals surface area contributed by atoms with Gasteiger partial charge in [0.1, 0.15) is 0 Å². The van der Waals surface area contributed by atoms with E-state index in [1.807, 2.05) is 6.20 Å². The summed E-state index contributed by atoms with van der Waals surface area (Å²) >= 11 is 0. The molecule has 0 radical (unpaired) electrons. The fourth-order valence-electron chi connectivity index (χ4n) is 1.37. The summed E-state index contributed by atoms with van der Waals surface area (Å²) in [7, 11) is 0. The van der Waals surface area contributed by atoms with Crippen LogP contribution in [0, 0.1) is 5.92 Å². The molecule has 2 nitrogen and oxygen atoms in total. The Hall–Kier alpha value is -0.660. The molecule has 78 valence electrons. The average molecular weight is 184 g/mol. The molecule has 0 aromatic rings. The van der Waals surface area contributed by atoms with E-state index >= 15 is 0 Å². The van der Waals surface area contributed by atoms with Crippen LogP contribution < -0.4 is 5.73 Å². The molecule has 0 aliphatic rings. The van der Waals surface area contributed by atoms with Gasteiger partial charge in [-0.25, -0.2) is 0 Å². The van der Waals surface area contributed by atoms with E-state index in [9.17, 15) is 0 Å². The number of hydrogen-bond acceptors (Lipinski definition) is 2. The van der Waals surface area contributed by atoms with Gasteiger partial charge in [-0.1, -0.05) is 20.8 Å². The normalized spacial score (nSPS) is 11.4. The van der Waals surface area contributed by atoms with Gasteiger partial charge in [-0.2, -0.15) is 0 Å². The highest BCUT2D eigenvalue weighted by molar-refractivity contribution is 4.77. The van der Waals surface area contributed by atoms with Crippen molar-refractivity contribution in [1.82, 2.24) is 4.90 Å². The summed E-state index contributed by atoms with van der Waals surface area (Å²) in [5.41, 5.74) is 5.37. The molecule has 0 rings (SSSR count). The van der Waals surface area contributed by atoms with Crippen LogP contribution in [-0.4, -0.2) is 18.0 Å². The van der Waals surface area contributed by atoms with Gasteiger partial charge in [-0.3, -0.25) is 0 Å². The molecule has 0 saturated carbocycles. The van der Waals surface area contributed by atoms with Crippen molar-refractivity contribution in [3.8, 4) is 0 Å². The molecule has 0 heterocycles. The summed E-state index contributed by atoms with van der Waals surface area (Å²) in [5.74, 6) is 0.810. The number of nitrogens with zero attached hydrogens (tertiary/aromatic N) is 1. The maximum Gasteiger partial charge on any atom is 0.0173 e. The lowest BCUT2D eigenvalue weighted by Crippen LogP contribution is -2.20. The minimum atomic E-state index is 0.810. The summed E-state index contributed by atoms with van der Waals surface area (Å²) < 4.78 is 0. The molecule has 0 spiro atoms. The Kier molecular flexibility index (Phi) is 7.56. The Morgan fingerprint density at radius 1 is 1.31 bits per heavy atom. The van der Waals surface area contributed by atoms with Gasteiger partial charge in [0.05, 0.1) is 0 Å². The third-order valence-corrected chi connectivity index (χ3v) is 2.03. The highest BCUT2D eigenvalue weighted by Gasteiger charge is 1.98. The topological polar surface area (TPSA) is 29.3 Å². The summed E-state index contributed by atoms with van der Waals surface area (Å²) in [4.78, 5) is 2.29. The molecule has 13 heavy (non-hydrogen) atoms. The van der Waals surface area contributed by atoms with Crippen molar-refractivity contribution in [2.24, 2.45) is 11.7 Å². The fourth-order valence-corrected chi connectivity index (χ4v) is 1.37. The van der Waals surface area contributed by atoms with E-state index in [-0.39, 0.29) is 0 Å². The van der Waals surface area contributed by atoms with Crippen LogP contribution in [0.2, 0.25) is 0 Å². The average Bonchev–Trinajstić information content (AvgIpc) is 2.04. The summed E-state index contributed by atoms with van der Waals surface area (Å²) in [6, 6.07) is 0. The van der Waals surface area contributed by atoms with Crippen molar-refractivity contribution in [2.75, 3.05) is 13.1 Å². The smallest absolute Gasteiger partial charge is 0.0173 e. The lowest BCUT2D eigenvalue weighted by Gasteiger charge is -2.19. The zero-order valence-electron chi connectivity index (χ0n) is 9.29. The Morgan fingerprint density at radius 2 is 2.00 bits per heavy atom. The SMILES string of the molecule is CCCN(/C=C\N)CCCC(C)C. The number of nitrogens with two attached hydrogens (primary N) is 1. The van der Waals surface area contributed by atoms with Gasteiger partial charge in [0.25, 0.3) is 0 Å². The first-order valence-electron chi connectivity index (χ1n) is 5.33. The van der Waals surface area contributed by atoms with Gasteiger partial charge < -0.3 is 10.6 Å². The first-order chi connectivity index (χ1) is 6.20. The van der Waals surface area contributed by atoms with E-state index in [4.69, 9.17) is 5.73 Å². The molecule has 0 unspecified atom stereocenters. The van der Waals surface area contributed by atoms with Gasteiger partial charge in [-0.15, -0.1) is 0 Å². The second kappa shape index (κ2) is 7.96. The monoisotopic (exact) mass is 184 g/mol. The van der Waals surface area contributed by atoms with Gasteiger partial charge >= 0.3 is 0 Å². The maximum absolute atomic E-state index is 5.37. The van der Waals surface area contributed by atoms with Crippen molar-refractivity contribution in [2.45, 2.75) is 40.0 Å². The summed E-state index contributed by atoms with van der Waals surface area (Å²) in [5, 5.41) is 0.